The lowest BCUT2D eigenvalue weighted by atomic mass is 10.1. The minimum atomic E-state index is -0.464. The second-order valence-corrected chi connectivity index (χ2v) is 3.27. The summed E-state index contributed by atoms with van der Waals surface area (Å²) in [7, 11) is 0. The average Bonchev–Trinajstić information content (AvgIpc) is 2.30. The Morgan fingerprint density at radius 2 is 2.12 bits per heavy atom. The number of hydrazone groups is 1. The number of ketones is 1. The Kier molecular flexibility index (Phi) is 4.56. The highest BCUT2D eigenvalue weighted by Crippen LogP contribution is 1.98. The molecule has 0 aliphatic carbocycles. The lowest BCUT2D eigenvalue weighted by Crippen LogP contribution is -2.32. The minimum Gasteiger partial charge on any atom is -0.375 e. The number of nitrogens with zero attached hydrogens (tertiary/aromatic N) is 2. The number of nitrogens with two attached hydrogens (primary N) is 1. The molecule has 1 rings (SSSR count). The van der Waals surface area contributed by atoms with Crippen molar-refractivity contribution in [3.8, 4) is 0 Å². The van der Waals surface area contributed by atoms with E-state index < -0.39 is 6.73 Å². The second kappa shape index (κ2) is 5.94. The zero-order valence-corrected chi connectivity index (χ0v) is 9.22. The third kappa shape index (κ3) is 3.41. The standard InChI is InChI=1S/C10H11N3O2S/c11-10(16)13(7-14)12-6-9(15)8-4-2-1-3-5-8/h1-6,14H,7H2,(H2,11,16)/b12-6+. The van der Waals surface area contributed by atoms with Gasteiger partial charge in [-0.05, 0) is 12.2 Å². The fraction of sp³-hybridized carbons (Fsp3) is 0.100. The Balaban J connectivity index is 2.71. The highest BCUT2D eigenvalue weighted by Gasteiger charge is 2.04. The van der Waals surface area contributed by atoms with Gasteiger partial charge < -0.3 is 10.8 Å². The van der Waals surface area contributed by atoms with Crippen molar-refractivity contribution in [2.75, 3.05) is 6.73 Å². The van der Waals surface area contributed by atoms with Crippen LogP contribution in [0.3, 0.4) is 0 Å². The minimum absolute atomic E-state index is 0.0976. The highest BCUT2D eigenvalue weighted by molar-refractivity contribution is 7.80. The van der Waals surface area contributed by atoms with E-state index in [1.807, 2.05) is 6.07 Å². The van der Waals surface area contributed by atoms with Gasteiger partial charge in [0.2, 0.25) is 5.78 Å². The summed E-state index contributed by atoms with van der Waals surface area (Å²) < 4.78 is 0. The van der Waals surface area contributed by atoms with E-state index in [-0.39, 0.29) is 10.9 Å². The van der Waals surface area contributed by atoms with E-state index in [2.05, 4.69) is 17.3 Å². The van der Waals surface area contributed by atoms with E-state index in [9.17, 15) is 4.79 Å². The lowest BCUT2D eigenvalue weighted by molar-refractivity contribution is 0.106. The Labute approximate surface area is 98.2 Å². The van der Waals surface area contributed by atoms with Crippen LogP contribution >= 0.6 is 12.2 Å². The largest absolute Gasteiger partial charge is 0.375 e. The van der Waals surface area contributed by atoms with Gasteiger partial charge in [0.05, 0.1) is 6.21 Å². The Bertz CT molecular complexity index is 406. The first kappa shape index (κ1) is 12.3. The van der Waals surface area contributed by atoms with Crippen LogP contribution in [-0.2, 0) is 0 Å². The van der Waals surface area contributed by atoms with Crippen LogP contribution in [0.15, 0.2) is 35.4 Å². The number of carbonyl (C=O) groups is 1. The fourth-order valence-corrected chi connectivity index (χ4v) is 1.07. The fourth-order valence-electron chi connectivity index (χ4n) is 0.962. The number of carbonyl (C=O) groups excluding carboxylic acids is 1. The van der Waals surface area contributed by atoms with Gasteiger partial charge in [-0.1, -0.05) is 30.3 Å². The van der Waals surface area contributed by atoms with Crippen LogP contribution in [0.1, 0.15) is 10.4 Å². The van der Waals surface area contributed by atoms with E-state index in [4.69, 9.17) is 10.8 Å². The van der Waals surface area contributed by atoms with E-state index in [1.54, 1.807) is 24.3 Å². The molecule has 84 valence electrons. The molecule has 1 aromatic rings. The van der Waals surface area contributed by atoms with Crippen LogP contribution in [0.5, 0.6) is 0 Å². The highest BCUT2D eigenvalue weighted by atomic mass is 32.1. The Hall–Kier alpha value is -1.79. The number of rotatable bonds is 4. The summed E-state index contributed by atoms with van der Waals surface area (Å²) in [4.78, 5) is 11.5. The van der Waals surface area contributed by atoms with Crippen molar-refractivity contribution in [2.45, 2.75) is 0 Å². The molecule has 1 aromatic carbocycles. The van der Waals surface area contributed by atoms with Crippen LogP contribution in [-0.4, -0.2) is 34.0 Å². The molecule has 0 radical (unpaired) electrons. The second-order valence-electron chi connectivity index (χ2n) is 2.85. The predicted molar refractivity (Wildman–Crippen MR) is 65.0 cm³/mol. The molecular formula is C10H11N3O2S. The predicted octanol–water partition coefficient (Wildman–Crippen LogP) is 0.350. The molecule has 0 aliphatic rings. The van der Waals surface area contributed by atoms with Crippen LogP contribution in [0.25, 0.3) is 0 Å². The van der Waals surface area contributed by atoms with E-state index >= 15 is 0 Å². The molecule has 0 heterocycles. The zero-order valence-electron chi connectivity index (χ0n) is 8.41. The maximum absolute atomic E-state index is 11.5. The average molecular weight is 237 g/mol. The quantitative estimate of drug-likeness (QED) is 0.260. The molecule has 0 atom stereocenters. The molecular weight excluding hydrogens is 226 g/mol. The third-order valence-corrected chi connectivity index (χ3v) is 1.97. The third-order valence-electron chi connectivity index (χ3n) is 1.76. The van der Waals surface area contributed by atoms with Crippen molar-refractivity contribution in [1.29, 1.82) is 0 Å². The van der Waals surface area contributed by atoms with Gasteiger partial charge in [-0.3, -0.25) is 4.79 Å². The normalized spacial score (nSPS) is 10.3. The van der Waals surface area contributed by atoms with Gasteiger partial charge in [0, 0.05) is 5.56 Å². The molecule has 0 fully saturated rings. The van der Waals surface area contributed by atoms with Crippen molar-refractivity contribution in [1.82, 2.24) is 5.01 Å². The van der Waals surface area contributed by atoms with Gasteiger partial charge in [0.25, 0.3) is 0 Å². The maximum atomic E-state index is 11.5. The topological polar surface area (TPSA) is 78.9 Å². The van der Waals surface area contributed by atoms with Gasteiger partial charge in [0.15, 0.2) is 5.11 Å². The van der Waals surface area contributed by atoms with Crippen molar-refractivity contribution < 1.29 is 9.90 Å². The van der Waals surface area contributed by atoms with E-state index in [0.717, 1.165) is 11.2 Å². The van der Waals surface area contributed by atoms with Crippen LogP contribution in [0.4, 0.5) is 0 Å². The van der Waals surface area contributed by atoms with Crippen molar-refractivity contribution >= 4 is 29.3 Å². The smallest absolute Gasteiger partial charge is 0.205 e. The number of benzene rings is 1. The summed E-state index contributed by atoms with van der Waals surface area (Å²) in [5, 5.41) is 13.3. The zero-order chi connectivity index (χ0) is 12.0. The van der Waals surface area contributed by atoms with Crippen LogP contribution in [0, 0.1) is 0 Å². The monoisotopic (exact) mass is 237 g/mol. The lowest BCUT2D eigenvalue weighted by Gasteiger charge is -2.11. The van der Waals surface area contributed by atoms with Gasteiger partial charge in [-0.2, -0.15) is 5.10 Å². The molecule has 0 bridgehead atoms. The number of hydrogen-bond acceptors (Lipinski definition) is 4. The molecule has 5 nitrogen and oxygen atoms in total. The van der Waals surface area contributed by atoms with Gasteiger partial charge >= 0.3 is 0 Å². The SMILES string of the molecule is NC(=S)N(CO)/N=C/C(=O)c1ccccc1. The molecule has 0 aliphatic heterocycles. The molecule has 6 heteroatoms. The summed E-state index contributed by atoms with van der Waals surface area (Å²) in [6.07, 6.45) is 1.06. The molecule has 0 unspecified atom stereocenters. The number of aliphatic hydroxyl groups is 1. The molecule has 0 saturated carbocycles. The first-order valence-electron chi connectivity index (χ1n) is 4.46. The maximum Gasteiger partial charge on any atom is 0.205 e. The van der Waals surface area contributed by atoms with Gasteiger partial charge in [0.1, 0.15) is 6.73 Å². The summed E-state index contributed by atoms with van der Waals surface area (Å²) in [6.45, 7) is -0.464. The molecule has 3 N–H and O–H groups in total. The Morgan fingerprint density at radius 3 is 2.62 bits per heavy atom. The molecule has 16 heavy (non-hydrogen) atoms. The van der Waals surface area contributed by atoms with Gasteiger partial charge in [-0.15, -0.1) is 0 Å². The summed E-state index contributed by atoms with van der Waals surface area (Å²) >= 11 is 4.60. The van der Waals surface area contributed by atoms with Crippen LogP contribution in [0.2, 0.25) is 0 Å². The first-order valence-corrected chi connectivity index (χ1v) is 4.87. The van der Waals surface area contributed by atoms with Crippen molar-refractivity contribution in [2.24, 2.45) is 10.8 Å². The Morgan fingerprint density at radius 1 is 1.50 bits per heavy atom. The number of aliphatic hydroxyl groups excluding tert-OH is 1. The molecule has 0 saturated heterocycles. The summed E-state index contributed by atoms with van der Waals surface area (Å²) in [5.74, 6) is -0.282. The number of Topliss-reactive ketones (excluding diaryl/α,β-unsaturated/α-hetero) is 1. The van der Waals surface area contributed by atoms with E-state index in [0.29, 0.717) is 5.56 Å². The number of thiocarbonyl (C=S) groups is 1. The molecule has 0 amide bonds. The van der Waals surface area contributed by atoms with Crippen molar-refractivity contribution in [3.05, 3.63) is 35.9 Å². The number of hydrogen-bond donors (Lipinski definition) is 2. The van der Waals surface area contributed by atoms with E-state index in [1.165, 1.54) is 0 Å². The molecule has 0 aromatic heterocycles. The summed E-state index contributed by atoms with van der Waals surface area (Å²) in [6, 6.07) is 8.64. The van der Waals surface area contributed by atoms with Crippen LogP contribution < -0.4 is 5.73 Å². The van der Waals surface area contributed by atoms with Gasteiger partial charge in [-0.25, -0.2) is 5.01 Å². The first-order chi connectivity index (χ1) is 7.65. The summed E-state index contributed by atoms with van der Waals surface area (Å²) in [5.41, 5.74) is 5.75. The van der Waals surface area contributed by atoms with Crippen molar-refractivity contribution in [3.63, 3.8) is 0 Å². The molecule has 0 spiro atoms.